The predicted octanol–water partition coefficient (Wildman–Crippen LogP) is 4.68. The Morgan fingerprint density at radius 1 is 1.25 bits per heavy atom. The standard InChI is InChI=1S/C24H35NO3/c1-3-4-5-8-19(26)10-11-20-21-14-17-7-6-9-23(28-13-12-25)22(17)15-18(21)16-24(20)27-2/h6-7,9,18-21,24,26H,3-5,8,10-11,13-16H2,1-2H3. The van der Waals surface area contributed by atoms with Crippen LogP contribution in [-0.2, 0) is 17.6 Å². The Morgan fingerprint density at radius 2 is 2.11 bits per heavy atom. The quantitative estimate of drug-likeness (QED) is 0.594. The molecule has 0 bridgehead atoms. The van der Waals surface area contributed by atoms with Gasteiger partial charge in [0.25, 0.3) is 0 Å². The van der Waals surface area contributed by atoms with Gasteiger partial charge in [-0.1, -0.05) is 38.3 Å². The SMILES string of the molecule is CCCCCC(O)CCC1C(OC)CC2Cc3c(cccc3OCC#N)CC21. The zero-order valence-electron chi connectivity index (χ0n) is 17.4. The number of ether oxygens (including phenoxy) is 2. The fraction of sp³-hybridized carbons (Fsp3) is 0.708. The number of methoxy groups -OCH3 is 1. The van der Waals surface area contributed by atoms with Crippen molar-refractivity contribution >= 4 is 0 Å². The number of nitrogens with zero attached hydrogens (tertiary/aromatic N) is 1. The molecule has 5 atom stereocenters. The molecular weight excluding hydrogens is 350 g/mol. The Labute approximate surface area is 169 Å². The fourth-order valence-corrected chi connectivity index (χ4v) is 5.45. The highest BCUT2D eigenvalue weighted by Gasteiger charge is 2.45. The fourth-order valence-electron chi connectivity index (χ4n) is 5.45. The smallest absolute Gasteiger partial charge is 0.174 e. The van der Waals surface area contributed by atoms with Gasteiger partial charge in [-0.3, -0.25) is 0 Å². The van der Waals surface area contributed by atoms with Crippen molar-refractivity contribution in [2.75, 3.05) is 13.7 Å². The van der Waals surface area contributed by atoms with E-state index in [1.165, 1.54) is 24.0 Å². The monoisotopic (exact) mass is 385 g/mol. The van der Waals surface area contributed by atoms with Crippen molar-refractivity contribution in [2.45, 2.75) is 76.9 Å². The lowest BCUT2D eigenvalue weighted by atomic mass is 9.73. The van der Waals surface area contributed by atoms with E-state index in [9.17, 15) is 5.11 Å². The third-order valence-electron chi connectivity index (χ3n) is 6.89. The molecule has 0 heterocycles. The molecule has 154 valence electrons. The molecule has 1 aromatic carbocycles. The molecule has 0 radical (unpaired) electrons. The number of rotatable bonds is 10. The van der Waals surface area contributed by atoms with Gasteiger partial charge in [0.05, 0.1) is 12.2 Å². The summed E-state index contributed by atoms with van der Waals surface area (Å²) < 4.78 is 11.6. The normalized spacial score (nSPS) is 26.9. The van der Waals surface area contributed by atoms with E-state index in [4.69, 9.17) is 14.7 Å². The lowest BCUT2D eigenvalue weighted by molar-refractivity contribution is 0.0473. The molecule has 0 amide bonds. The molecule has 0 aliphatic heterocycles. The molecule has 1 N–H and O–H groups in total. The van der Waals surface area contributed by atoms with E-state index >= 15 is 0 Å². The second kappa shape index (κ2) is 10.3. The van der Waals surface area contributed by atoms with E-state index in [2.05, 4.69) is 19.1 Å². The average Bonchev–Trinajstić information content (AvgIpc) is 3.05. The summed E-state index contributed by atoms with van der Waals surface area (Å²) in [6.45, 7) is 2.30. The molecule has 5 unspecified atom stereocenters. The maximum absolute atomic E-state index is 10.4. The van der Waals surface area contributed by atoms with Gasteiger partial charge < -0.3 is 14.6 Å². The van der Waals surface area contributed by atoms with Crippen LogP contribution in [0.4, 0.5) is 0 Å². The molecule has 2 aliphatic rings. The summed E-state index contributed by atoms with van der Waals surface area (Å²) in [5.41, 5.74) is 2.65. The van der Waals surface area contributed by atoms with Crippen molar-refractivity contribution in [3.05, 3.63) is 29.3 Å². The molecule has 1 aromatic rings. The second-order valence-electron chi connectivity index (χ2n) is 8.57. The number of unbranched alkanes of at least 4 members (excludes halogenated alkanes) is 2. The first-order chi connectivity index (χ1) is 13.7. The Balaban J connectivity index is 1.66. The Hall–Kier alpha value is -1.57. The van der Waals surface area contributed by atoms with Crippen molar-refractivity contribution in [3.8, 4) is 11.8 Å². The van der Waals surface area contributed by atoms with Gasteiger partial charge in [0.2, 0.25) is 0 Å². The Bertz CT molecular complexity index is 668. The summed E-state index contributed by atoms with van der Waals surface area (Å²) in [5, 5.41) is 19.2. The van der Waals surface area contributed by atoms with Crippen LogP contribution in [0.25, 0.3) is 0 Å². The summed E-state index contributed by atoms with van der Waals surface area (Å²) in [7, 11) is 1.83. The van der Waals surface area contributed by atoms with Crippen LogP contribution >= 0.6 is 0 Å². The molecule has 2 aliphatic carbocycles. The zero-order chi connectivity index (χ0) is 19.9. The van der Waals surface area contributed by atoms with Crippen LogP contribution < -0.4 is 4.74 Å². The van der Waals surface area contributed by atoms with E-state index < -0.39 is 0 Å². The van der Waals surface area contributed by atoms with Crippen molar-refractivity contribution in [3.63, 3.8) is 0 Å². The van der Waals surface area contributed by atoms with Gasteiger partial charge in [0.1, 0.15) is 11.8 Å². The van der Waals surface area contributed by atoms with E-state index in [0.29, 0.717) is 17.8 Å². The number of nitriles is 1. The van der Waals surface area contributed by atoms with Gasteiger partial charge in [0, 0.05) is 7.11 Å². The highest BCUT2D eigenvalue weighted by atomic mass is 16.5. The van der Waals surface area contributed by atoms with Crippen molar-refractivity contribution in [1.82, 2.24) is 0 Å². The molecular formula is C24H35NO3. The van der Waals surface area contributed by atoms with Crippen molar-refractivity contribution in [2.24, 2.45) is 17.8 Å². The summed E-state index contributed by atoms with van der Waals surface area (Å²) in [5.74, 6) is 2.62. The predicted molar refractivity (Wildman–Crippen MR) is 110 cm³/mol. The van der Waals surface area contributed by atoms with Gasteiger partial charge in [-0.25, -0.2) is 0 Å². The van der Waals surface area contributed by atoms with E-state index in [1.54, 1.807) is 0 Å². The van der Waals surface area contributed by atoms with E-state index in [-0.39, 0.29) is 18.8 Å². The number of aliphatic hydroxyl groups is 1. The van der Waals surface area contributed by atoms with Crippen molar-refractivity contribution in [1.29, 1.82) is 5.26 Å². The lowest BCUT2D eigenvalue weighted by Crippen LogP contribution is -2.28. The topological polar surface area (TPSA) is 62.5 Å². The van der Waals surface area contributed by atoms with Gasteiger partial charge in [-0.05, 0) is 73.5 Å². The van der Waals surface area contributed by atoms with Crippen LogP contribution in [-0.4, -0.2) is 31.0 Å². The largest absolute Gasteiger partial charge is 0.478 e. The number of benzene rings is 1. The number of fused-ring (bicyclic) bond motifs is 2. The molecule has 1 fully saturated rings. The van der Waals surface area contributed by atoms with Crippen LogP contribution in [0.15, 0.2) is 18.2 Å². The summed E-state index contributed by atoms with van der Waals surface area (Å²) in [6.07, 6.45) is 9.66. The zero-order valence-corrected chi connectivity index (χ0v) is 17.4. The first-order valence-corrected chi connectivity index (χ1v) is 11.0. The Morgan fingerprint density at radius 3 is 2.86 bits per heavy atom. The van der Waals surface area contributed by atoms with Gasteiger partial charge in [-0.2, -0.15) is 5.26 Å². The molecule has 0 aromatic heterocycles. The minimum absolute atomic E-state index is 0.101. The summed E-state index contributed by atoms with van der Waals surface area (Å²) in [6, 6.07) is 8.31. The van der Waals surface area contributed by atoms with Gasteiger partial charge in [0.15, 0.2) is 6.61 Å². The number of hydrogen-bond acceptors (Lipinski definition) is 4. The second-order valence-corrected chi connectivity index (χ2v) is 8.57. The summed E-state index contributed by atoms with van der Waals surface area (Å²) >= 11 is 0. The van der Waals surface area contributed by atoms with Gasteiger partial charge >= 0.3 is 0 Å². The minimum atomic E-state index is -0.176. The minimum Gasteiger partial charge on any atom is -0.478 e. The number of aliphatic hydroxyl groups excluding tert-OH is 1. The molecule has 4 nitrogen and oxygen atoms in total. The molecule has 4 heteroatoms. The average molecular weight is 386 g/mol. The maximum Gasteiger partial charge on any atom is 0.174 e. The Kier molecular flexibility index (Phi) is 7.76. The van der Waals surface area contributed by atoms with Crippen LogP contribution in [0, 0.1) is 29.1 Å². The van der Waals surface area contributed by atoms with E-state index in [0.717, 1.165) is 50.7 Å². The first-order valence-electron chi connectivity index (χ1n) is 11.0. The van der Waals surface area contributed by atoms with Crippen LogP contribution in [0.5, 0.6) is 5.75 Å². The molecule has 1 saturated carbocycles. The van der Waals surface area contributed by atoms with Crippen LogP contribution in [0.3, 0.4) is 0 Å². The molecule has 0 spiro atoms. The van der Waals surface area contributed by atoms with Crippen LogP contribution in [0.2, 0.25) is 0 Å². The van der Waals surface area contributed by atoms with E-state index in [1.807, 2.05) is 19.2 Å². The maximum atomic E-state index is 10.4. The third-order valence-corrected chi connectivity index (χ3v) is 6.89. The first kappa shape index (κ1) is 21.1. The van der Waals surface area contributed by atoms with Gasteiger partial charge in [-0.15, -0.1) is 0 Å². The highest BCUT2D eigenvalue weighted by Crippen LogP contribution is 2.49. The van der Waals surface area contributed by atoms with Crippen molar-refractivity contribution < 1.29 is 14.6 Å². The number of hydrogen-bond donors (Lipinski definition) is 1. The van der Waals surface area contributed by atoms with Crippen LogP contribution in [0.1, 0.15) is 63.0 Å². The highest BCUT2D eigenvalue weighted by molar-refractivity contribution is 5.43. The third kappa shape index (κ3) is 4.88. The molecule has 0 saturated heterocycles. The molecule has 28 heavy (non-hydrogen) atoms. The summed E-state index contributed by atoms with van der Waals surface area (Å²) in [4.78, 5) is 0. The lowest BCUT2D eigenvalue weighted by Gasteiger charge is -2.32. The molecule has 3 rings (SSSR count).